The third kappa shape index (κ3) is 4.29. The summed E-state index contributed by atoms with van der Waals surface area (Å²) in [6, 6.07) is 8.47. The van der Waals surface area contributed by atoms with Crippen molar-refractivity contribution >= 4 is 36.4 Å². The van der Waals surface area contributed by atoms with E-state index in [2.05, 4.69) is 36.3 Å². The average molecular weight is 362 g/mol. The Hall–Kier alpha value is -1.01. The molecular weight excluding hydrogens is 337 g/mol. The molecule has 130 valence electrons. The number of rotatable bonds is 1. The number of hydrogen-bond donors (Lipinski definition) is 1. The van der Waals surface area contributed by atoms with E-state index in [0.717, 1.165) is 13.1 Å². The predicted octanol–water partition coefficient (Wildman–Crippen LogP) is 1.69. The fourth-order valence-electron chi connectivity index (χ4n) is 3.15. The van der Waals surface area contributed by atoms with Gasteiger partial charge in [-0.05, 0) is 18.6 Å². The van der Waals surface area contributed by atoms with Gasteiger partial charge in [0.05, 0.1) is 6.61 Å². The monoisotopic (exact) mass is 361 g/mol. The minimum Gasteiger partial charge on any atom is -0.372 e. The first-order valence-corrected chi connectivity index (χ1v) is 7.58. The van der Waals surface area contributed by atoms with Crippen molar-refractivity contribution in [1.29, 1.82) is 0 Å². The molecule has 0 saturated carbocycles. The topological polar surface area (TPSA) is 44.8 Å². The lowest BCUT2D eigenvalue weighted by Crippen LogP contribution is -2.52. The third-order valence-corrected chi connectivity index (χ3v) is 4.30. The van der Waals surface area contributed by atoms with Crippen LogP contribution in [0.4, 0.5) is 5.69 Å². The summed E-state index contributed by atoms with van der Waals surface area (Å²) >= 11 is 0. The molecule has 1 saturated heterocycles. The van der Waals surface area contributed by atoms with Crippen LogP contribution in [0, 0.1) is 0 Å². The molecule has 1 aromatic carbocycles. The lowest BCUT2D eigenvalue weighted by molar-refractivity contribution is -0.147. The van der Waals surface area contributed by atoms with Gasteiger partial charge in [-0.1, -0.05) is 18.2 Å². The molecule has 2 aliphatic heterocycles. The lowest BCUT2D eigenvalue weighted by Gasteiger charge is -2.33. The molecule has 2 aliphatic rings. The molecule has 2 unspecified atom stereocenters. The van der Waals surface area contributed by atoms with Crippen molar-refractivity contribution in [3.8, 4) is 0 Å². The van der Waals surface area contributed by atoms with Gasteiger partial charge >= 0.3 is 0 Å². The van der Waals surface area contributed by atoms with Gasteiger partial charge in [-0.25, -0.2) is 0 Å². The van der Waals surface area contributed by atoms with Gasteiger partial charge in [0.25, 0.3) is 5.91 Å². The Kier molecular flexibility index (Phi) is 7.61. The first-order chi connectivity index (χ1) is 10.2. The minimum absolute atomic E-state index is 0. The normalized spacial score (nSPS) is 23.9. The second-order valence-electron chi connectivity index (χ2n) is 5.89. The zero-order valence-corrected chi connectivity index (χ0v) is 15.2. The van der Waals surface area contributed by atoms with E-state index in [4.69, 9.17) is 4.74 Å². The Labute approximate surface area is 150 Å². The summed E-state index contributed by atoms with van der Waals surface area (Å²) < 4.78 is 5.63. The maximum Gasteiger partial charge on any atom is 0.253 e. The van der Waals surface area contributed by atoms with Crippen LogP contribution in [0.3, 0.4) is 0 Å². The first kappa shape index (κ1) is 20.0. The number of amides is 1. The highest BCUT2D eigenvalue weighted by Crippen LogP contribution is 2.26. The summed E-state index contributed by atoms with van der Waals surface area (Å²) in [5, 5.41) is 3.23. The van der Waals surface area contributed by atoms with Crippen LogP contribution < -0.4 is 10.2 Å². The average Bonchev–Trinajstić information content (AvgIpc) is 2.64. The van der Waals surface area contributed by atoms with Crippen LogP contribution in [-0.2, 0) is 16.1 Å². The summed E-state index contributed by atoms with van der Waals surface area (Å²) in [6.45, 7) is 5.64. The number of ether oxygens (including phenoxy) is 1. The number of anilines is 1. The molecule has 2 heterocycles. The van der Waals surface area contributed by atoms with E-state index in [1.165, 1.54) is 11.3 Å². The fourth-order valence-corrected chi connectivity index (χ4v) is 3.15. The van der Waals surface area contributed by atoms with Crippen molar-refractivity contribution in [3.63, 3.8) is 0 Å². The molecule has 0 bridgehead atoms. The van der Waals surface area contributed by atoms with Gasteiger partial charge in [0.1, 0.15) is 6.10 Å². The summed E-state index contributed by atoms with van der Waals surface area (Å²) in [7, 11) is 2.09. The second-order valence-corrected chi connectivity index (χ2v) is 5.89. The quantitative estimate of drug-likeness (QED) is 0.826. The van der Waals surface area contributed by atoms with Gasteiger partial charge in [-0.3, -0.25) is 4.79 Å². The number of para-hydroxylation sites is 1. The molecule has 1 fully saturated rings. The second kappa shape index (κ2) is 8.73. The van der Waals surface area contributed by atoms with E-state index in [1.807, 2.05) is 17.0 Å². The lowest BCUT2D eigenvalue weighted by atomic mass is 10.1. The van der Waals surface area contributed by atoms with Gasteiger partial charge in [0, 0.05) is 45.0 Å². The van der Waals surface area contributed by atoms with Crippen LogP contribution in [0.2, 0.25) is 0 Å². The van der Waals surface area contributed by atoms with Gasteiger partial charge in [0.15, 0.2) is 0 Å². The van der Waals surface area contributed by atoms with E-state index >= 15 is 0 Å². The summed E-state index contributed by atoms with van der Waals surface area (Å²) in [5.41, 5.74) is 2.41. The number of nitrogens with one attached hydrogen (secondary N) is 1. The zero-order chi connectivity index (χ0) is 14.8. The Balaban J connectivity index is 0.00000132. The van der Waals surface area contributed by atoms with E-state index < -0.39 is 0 Å². The van der Waals surface area contributed by atoms with Gasteiger partial charge in [0.2, 0.25) is 0 Å². The fraction of sp³-hybridized carbons (Fsp3) is 0.562. The molecule has 3 rings (SSSR count). The summed E-state index contributed by atoms with van der Waals surface area (Å²) in [6.07, 6.45) is -0.350. The molecule has 1 amide bonds. The SMILES string of the molecule is CC1CN(C)c2ccccc2CN1C(=O)C1CNCCO1.Cl.Cl. The highest BCUT2D eigenvalue weighted by Gasteiger charge is 2.32. The number of hydrogen-bond acceptors (Lipinski definition) is 4. The molecule has 1 aromatic rings. The summed E-state index contributed by atoms with van der Waals surface area (Å²) in [4.78, 5) is 17.0. The molecule has 5 nitrogen and oxygen atoms in total. The van der Waals surface area contributed by atoms with Crippen LogP contribution in [-0.4, -0.2) is 56.2 Å². The number of morpholine rings is 1. The Morgan fingerprint density at radius 2 is 2.04 bits per heavy atom. The number of fused-ring (bicyclic) bond motifs is 1. The molecule has 2 atom stereocenters. The van der Waals surface area contributed by atoms with Crippen molar-refractivity contribution in [3.05, 3.63) is 29.8 Å². The largest absolute Gasteiger partial charge is 0.372 e. The Morgan fingerprint density at radius 1 is 1.30 bits per heavy atom. The predicted molar refractivity (Wildman–Crippen MR) is 96.8 cm³/mol. The molecule has 0 aliphatic carbocycles. The zero-order valence-electron chi connectivity index (χ0n) is 13.5. The highest BCUT2D eigenvalue weighted by atomic mass is 35.5. The van der Waals surface area contributed by atoms with Crippen molar-refractivity contribution in [1.82, 2.24) is 10.2 Å². The van der Waals surface area contributed by atoms with Crippen LogP contribution in [0.25, 0.3) is 0 Å². The van der Waals surface area contributed by atoms with Gasteiger partial charge < -0.3 is 19.9 Å². The van der Waals surface area contributed by atoms with Crippen molar-refractivity contribution in [2.24, 2.45) is 0 Å². The van der Waals surface area contributed by atoms with Crippen molar-refractivity contribution < 1.29 is 9.53 Å². The molecule has 0 spiro atoms. The number of benzene rings is 1. The molecule has 0 radical (unpaired) electrons. The summed E-state index contributed by atoms with van der Waals surface area (Å²) in [5.74, 6) is 0.0970. The number of likely N-dealkylation sites (N-methyl/N-ethyl adjacent to an activating group) is 1. The smallest absolute Gasteiger partial charge is 0.253 e. The number of carbonyl (C=O) groups is 1. The Morgan fingerprint density at radius 3 is 2.74 bits per heavy atom. The minimum atomic E-state index is -0.350. The van der Waals surface area contributed by atoms with E-state index in [-0.39, 0.29) is 42.9 Å². The molecular formula is C16H25Cl2N3O2. The molecule has 0 aromatic heterocycles. The van der Waals surface area contributed by atoms with E-state index in [0.29, 0.717) is 19.7 Å². The number of nitrogens with zero attached hydrogens (tertiary/aromatic N) is 2. The van der Waals surface area contributed by atoms with Crippen LogP contribution in [0.15, 0.2) is 24.3 Å². The van der Waals surface area contributed by atoms with Gasteiger partial charge in [-0.15, -0.1) is 24.8 Å². The molecule has 23 heavy (non-hydrogen) atoms. The number of halogens is 2. The Bertz CT molecular complexity index is 524. The van der Waals surface area contributed by atoms with Crippen LogP contribution >= 0.6 is 24.8 Å². The van der Waals surface area contributed by atoms with E-state index in [1.54, 1.807) is 0 Å². The molecule has 7 heteroatoms. The highest BCUT2D eigenvalue weighted by molar-refractivity contribution is 5.85. The van der Waals surface area contributed by atoms with Crippen molar-refractivity contribution in [2.75, 3.05) is 38.2 Å². The van der Waals surface area contributed by atoms with Crippen LogP contribution in [0.1, 0.15) is 12.5 Å². The third-order valence-electron chi connectivity index (χ3n) is 4.30. The molecule has 1 N–H and O–H groups in total. The number of carbonyl (C=O) groups excluding carboxylic acids is 1. The van der Waals surface area contributed by atoms with Gasteiger partial charge in [-0.2, -0.15) is 0 Å². The standard InChI is InChI=1S/C16H23N3O2.2ClH/c1-12-10-18(2)14-6-4-3-5-13(14)11-19(12)16(20)15-9-17-7-8-21-15;;/h3-6,12,15,17H,7-11H2,1-2H3;2*1H. The van der Waals surface area contributed by atoms with Crippen molar-refractivity contribution in [2.45, 2.75) is 25.6 Å². The first-order valence-electron chi connectivity index (χ1n) is 7.58. The van der Waals surface area contributed by atoms with E-state index in [9.17, 15) is 4.79 Å². The maximum atomic E-state index is 12.8. The maximum absolute atomic E-state index is 12.8. The van der Waals surface area contributed by atoms with Crippen LogP contribution in [0.5, 0.6) is 0 Å².